The first-order valence-electron chi connectivity index (χ1n) is 11.9. The van der Waals surface area contributed by atoms with Crippen LogP contribution in [-0.4, -0.2) is 39.7 Å². The van der Waals surface area contributed by atoms with Crippen LogP contribution in [0.3, 0.4) is 0 Å². The Labute approximate surface area is 214 Å². The SMILES string of the molecule is CC[C@H]1OB2OC(C)COc3ccc(Br)c1c32.CC[C@H]1OB2OC(C)COc3ccc(Cl)c1c32. The predicted octanol–water partition coefficient (Wildman–Crippen LogP) is 4.74. The summed E-state index contributed by atoms with van der Waals surface area (Å²) in [7, 11) is -0.610. The van der Waals surface area contributed by atoms with E-state index in [0.29, 0.717) is 13.2 Å². The molecule has 6 nitrogen and oxygen atoms in total. The quantitative estimate of drug-likeness (QED) is 0.505. The highest BCUT2D eigenvalue weighted by Crippen LogP contribution is 2.38. The van der Waals surface area contributed by atoms with Crippen LogP contribution >= 0.6 is 27.5 Å². The average molecular weight is 549 g/mol. The van der Waals surface area contributed by atoms with Crippen molar-refractivity contribution in [2.75, 3.05) is 13.2 Å². The van der Waals surface area contributed by atoms with E-state index in [1.165, 1.54) is 5.56 Å². The smallest absolute Gasteiger partial charge is 0.491 e. The number of hydrogen-bond acceptors (Lipinski definition) is 6. The Balaban J connectivity index is 0.000000142. The number of halogens is 2. The molecule has 0 spiro atoms. The second kappa shape index (κ2) is 10.0. The van der Waals surface area contributed by atoms with E-state index in [-0.39, 0.29) is 38.7 Å². The van der Waals surface area contributed by atoms with Gasteiger partial charge in [0.05, 0.1) is 24.4 Å². The van der Waals surface area contributed by atoms with Crippen molar-refractivity contribution in [2.45, 2.75) is 65.0 Å². The summed E-state index contributed by atoms with van der Waals surface area (Å²) in [5.74, 6) is 1.74. The maximum Gasteiger partial charge on any atom is 0.498 e. The minimum absolute atomic E-state index is 0.0105. The molecule has 4 atom stereocenters. The van der Waals surface area contributed by atoms with Gasteiger partial charge in [0, 0.05) is 26.0 Å². The predicted molar refractivity (Wildman–Crippen MR) is 137 cm³/mol. The van der Waals surface area contributed by atoms with Crippen LogP contribution in [0.15, 0.2) is 28.7 Å². The summed E-state index contributed by atoms with van der Waals surface area (Å²) in [5.41, 5.74) is 4.26. The molecular weight excluding hydrogens is 521 g/mol. The largest absolute Gasteiger partial charge is 0.498 e. The van der Waals surface area contributed by atoms with Crippen LogP contribution in [0.1, 0.15) is 63.9 Å². The van der Waals surface area contributed by atoms with Gasteiger partial charge in [-0.1, -0.05) is 41.4 Å². The molecule has 0 saturated carbocycles. The Morgan fingerprint density at radius 3 is 1.85 bits per heavy atom. The van der Waals surface area contributed by atoms with Crippen molar-refractivity contribution in [3.63, 3.8) is 0 Å². The Bertz CT molecular complexity index is 989. The van der Waals surface area contributed by atoms with Crippen molar-refractivity contribution in [1.29, 1.82) is 0 Å². The van der Waals surface area contributed by atoms with Crippen LogP contribution < -0.4 is 20.4 Å². The highest BCUT2D eigenvalue weighted by Gasteiger charge is 2.44. The van der Waals surface area contributed by atoms with Gasteiger partial charge in [0.2, 0.25) is 0 Å². The average Bonchev–Trinajstić information content (AvgIpc) is 3.28. The van der Waals surface area contributed by atoms with Crippen LogP contribution in [0.2, 0.25) is 5.02 Å². The Kier molecular flexibility index (Phi) is 7.22. The minimum Gasteiger partial charge on any atom is -0.491 e. The molecule has 0 N–H and O–H groups in total. The van der Waals surface area contributed by atoms with E-state index in [0.717, 1.165) is 50.3 Å². The summed E-state index contributed by atoms with van der Waals surface area (Å²) >= 11 is 9.85. The zero-order chi connectivity index (χ0) is 24.0. The monoisotopic (exact) mass is 548 g/mol. The molecule has 4 heterocycles. The normalized spacial score (nSPS) is 26.4. The molecule has 4 aliphatic heterocycles. The van der Waals surface area contributed by atoms with Gasteiger partial charge in [-0.2, -0.15) is 0 Å². The molecule has 34 heavy (non-hydrogen) atoms. The number of rotatable bonds is 2. The van der Waals surface area contributed by atoms with Crippen molar-refractivity contribution >= 4 is 52.7 Å². The molecule has 0 aliphatic carbocycles. The van der Waals surface area contributed by atoms with Gasteiger partial charge in [-0.05, 0) is 56.5 Å². The van der Waals surface area contributed by atoms with E-state index >= 15 is 0 Å². The molecule has 2 aromatic rings. The summed E-state index contributed by atoms with van der Waals surface area (Å²) in [5, 5.41) is 0.736. The second-order valence-electron chi connectivity index (χ2n) is 8.99. The summed E-state index contributed by atoms with van der Waals surface area (Å²) in [6.07, 6.45) is 1.99. The molecule has 0 aromatic heterocycles. The highest BCUT2D eigenvalue weighted by molar-refractivity contribution is 9.10. The standard InChI is InChI=1S/C12H14BBrO3.C12H14BClO3/c2*1-3-9-11-8(14)4-5-10-12(11)13(17-9)16-7(2)6-15-10/h2*4-5,7,9H,3,6H2,1-2H3/t2*7?,9-/m11/s1. The van der Waals surface area contributed by atoms with E-state index in [9.17, 15) is 0 Å². The molecule has 10 heteroatoms. The third-order valence-corrected chi connectivity index (χ3v) is 7.50. The molecule has 0 fully saturated rings. The van der Waals surface area contributed by atoms with Gasteiger partial charge in [0.25, 0.3) is 0 Å². The lowest BCUT2D eigenvalue weighted by molar-refractivity contribution is 0.0974. The first-order valence-corrected chi connectivity index (χ1v) is 13.1. The third-order valence-electron chi connectivity index (χ3n) is 6.48. The number of benzene rings is 2. The van der Waals surface area contributed by atoms with Crippen LogP contribution in [0, 0.1) is 0 Å². The first-order chi connectivity index (χ1) is 16.4. The minimum atomic E-state index is -0.332. The lowest BCUT2D eigenvalue weighted by atomic mass is 9.77. The van der Waals surface area contributed by atoms with Gasteiger partial charge in [-0.15, -0.1) is 0 Å². The first kappa shape index (κ1) is 24.5. The van der Waals surface area contributed by atoms with Crippen molar-refractivity contribution < 1.29 is 28.1 Å². The Morgan fingerprint density at radius 2 is 1.29 bits per heavy atom. The molecule has 0 saturated heterocycles. The van der Waals surface area contributed by atoms with E-state index in [1.807, 2.05) is 38.1 Å². The van der Waals surface area contributed by atoms with Crippen molar-refractivity contribution in [3.8, 4) is 11.5 Å². The topological polar surface area (TPSA) is 55.4 Å². The second-order valence-corrected chi connectivity index (χ2v) is 10.3. The fourth-order valence-corrected chi connectivity index (χ4v) is 5.75. The van der Waals surface area contributed by atoms with Gasteiger partial charge in [0.1, 0.15) is 24.7 Å². The van der Waals surface area contributed by atoms with Crippen LogP contribution in [-0.2, 0) is 18.6 Å². The fourth-order valence-electron chi connectivity index (χ4n) is 4.86. The molecule has 0 bridgehead atoms. The molecule has 6 rings (SSSR count). The van der Waals surface area contributed by atoms with E-state index in [1.54, 1.807) is 0 Å². The van der Waals surface area contributed by atoms with Gasteiger partial charge in [-0.3, -0.25) is 0 Å². The molecule has 2 aromatic carbocycles. The molecule has 4 aliphatic rings. The third kappa shape index (κ3) is 4.40. The van der Waals surface area contributed by atoms with E-state index in [2.05, 4.69) is 29.8 Å². The Morgan fingerprint density at radius 1 is 0.794 bits per heavy atom. The van der Waals surface area contributed by atoms with E-state index < -0.39 is 0 Å². The summed E-state index contributed by atoms with van der Waals surface area (Å²) in [4.78, 5) is 0. The van der Waals surface area contributed by atoms with Crippen LogP contribution in [0.25, 0.3) is 0 Å². The molecule has 180 valence electrons. The summed E-state index contributed by atoms with van der Waals surface area (Å²) in [6.45, 7) is 9.30. The van der Waals surface area contributed by atoms with Gasteiger partial charge >= 0.3 is 14.2 Å². The summed E-state index contributed by atoms with van der Waals surface area (Å²) < 4.78 is 36.1. The zero-order valence-electron chi connectivity index (χ0n) is 19.8. The maximum absolute atomic E-state index is 6.26. The summed E-state index contributed by atoms with van der Waals surface area (Å²) in [6, 6.07) is 7.79. The van der Waals surface area contributed by atoms with Crippen LogP contribution in [0.4, 0.5) is 0 Å². The molecular formula is C24H28B2BrClO6. The lowest BCUT2D eigenvalue weighted by Crippen LogP contribution is -2.34. The number of hydrogen-bond donors (Lipinski definition) is 0. The van der Waals surface area contributed by atoms with Gasteiger partial charge in [0.15, 0.2) is 0 Å². The zero-order valence-corrected chi connectivity index (χ0v) is 22.1. The van der Waals surface area contributed by atoms with Gasteiger partial charge in [-0.25, -0.2) is 0 Å². The van der Waals surface area contributed by atoms with E-state index in [4.69, 9.17) is 39.7 Å². The molecule has 2 unspecified atom stereocenters. The molecule has 0 radical (unpaired) electrons. The Hall–Kier alpha value is -1.22. The van der Waals surface area contributed by atoms with Crippen molar-refractivity contribution in [3.05, 3.63) is 44.9 Å². The highest BCUT2D eigenvalue weighted by atomic mass is 79.9. The lowest BCUT2D eigenvalue weighted by Gasteiger charge is -2.15. The van der Waals surface area contributed by atoms with Crippen LogP contribution in [0.5, 0.6) is 11.5 Å². The fraction of sp³-hybridized carbons (Fsp3) is 0.500. The molecule has 0 amide bonds. The van der Waals surface area contributed by atoms with Crippen molar-refractivity contribution in [1.82, 2.24) is 0 Å². The van der Waals surface area contributed by atoms with Crippen molar-refractivity contribution in [2.24, 2.45) is 0 Å². The maximum atomic E-state index is 6.26. The van der Waals surface area contributed by atoms with Gasteiger partial charge < -0.3 is 28.1 Å². The number of ether oxygens (including phenoxy) is 2.